The van der Waals surface area contributed by atoms with Crippen LogP contribution >= 0.6 is 0 Å². The van der Waals surface area contributed by atoms with E-state index in [4.69, 9.17) is 0 Å². The summed E-state index contributed by atoms with van der Waals surface area (Å²) in [4.78, 5) is 25.7. The summed E-state index contributed by atoms with van der Waals surface area (Å²) in [5.41, 5.74) is 1.04. The quantitative estimate of drug-likeness (QED) is 0.834. The zero-order chi connectivity index (χ0) is 15.4. The molecule has 0 radical (unpaired) electrons. The SMILES string of the molecule is CCc1cc(N2CCCC2C(=O)N(CC)CC)nc(C)n1. The number of aryl methyl sites for hydroxylation is 2. The van der Waals surface area contributed by atoms with Crippen molar-refractivity contribution in [2.45, 2.75) is 53.0 Å². The summed E-state index contributed by atoms with van der Waals surface area (Å²) in [5.74, 6) is 1.92. The number of hydrogen-bond acceptors (Lipinski definition) is 4. The molecule has 2 heterocycles. The molecule has 2 rings (SSSR count). The van der Waals surface area contributed by atoms with Crippen LogP contribution in [0.3, 0.4) is 0 Å². The number of amides is 1. The van der Waals surface area contributed by atoms with Gasteiger partial charge in [0.25, 0.3) is 0 Å². The van der Waals surface area contributed by atoms with Gasteiger partial charge in [0.05, 0.1) is 0 Å². The average molecular weight is 290 g/mol. The van der Waals surface area contributed by atoms with Crippen LogP contribution in [0.4, 0.5) is 5.82 Å². The maximum absolute atomic E-state index is 12.7. The smallest absolute Gasteiger partial charge is 0.245 e. The number of aromatic nitrogens is 2. The summed E-state index contributed by atoms with van der Waals surface area (Å²) in [6.07, 6.45) is 2.85. The van der Waals surface area contributed by atoms with E-state index in [0.29, 0.717) is 0 Å². The van der Waals surface area contributed by atoms with E-state index in [0.717, 1.165) is 56.2 Å². The molecule has 1 amide bonds. The van der Waals surface area contributed by atoms with Crippen LogP contribution in [0.2, 0.25) is 0 Å². The number of carbonyl (C=O) groups excluding carboxylic acids is 1. The Labute approximate surface area is 127 Å². The predicted octanol–water partition coefficient (Wildman–Crippen LogP) is 2.18. The first-order valence-electron chi connectivity index (χ1n) is 8.00. The Morgan fingerprint density at radius 2 is 2.05 bits per heavy atom. The van der Waals surface area contributed by atoms with Gasteiger partial charge in [0.15, 0.2) is 0 Å². The monoisotopic (exact) mass is 290 g/mol. The lowest BCUT2D eigenvalue weighted by Gasteiger charge is -2.30. The molecule has 1 aliphatic heterocycles. The van der Waals surface area contributed by atoms with E-state index in [1.807, 2.05) is 31.7 Å². The Kier molecular flexibility index (Phi) is 5.15. The summed E-state index contributed by atoms with van der Waals surface area (Å²) in [6.45, 7) is 10.5. The van der Waals surface area contributed by atoms with Crippen molar-refractivity contribution in [1.82, 2.24) is 14.9 Å². The van der Waals surface area contributed by atoms with Gasteiger partial charge in [0, 0.05) is 31.4 Å². The van der Waals surface area contributed by atoms with Gasteiger partial charge < -0.3 is 9.80 Å². The highest BCUT2D eigenvalue weighted by atomic mass is 16.2. The number of anilines is 1. The first kappa shape index (κ1) is 15.7. The minimum absolute atomic E-state index is 0.0658. The van der Waals surface area contributed by atoms with Gasteiger partial charge in [-0.3, -0.25) is 4.79 Å². The third kappa shape index (κ3) is 3.34. The highest BCUT2D eigenvalue weighted by molar-refractivity contribution is 5.85. The lowest BCUT2D eigenvalue weighted by molar-refractivity contribution is -0.132. The van der Waals surface area contributed by atoms with Crippen molar-refractivity contribution >= 4 is 11.7 Å². The van der Waals surface area contributed by atoms with Gasteiger partial charge in [-0.25, -0.2) is 9.97 Å². The maximum Gasteiger partial charge on any atom is 0.245 e. The third-order valence-electron chi connectivity index (χ3n) is 4.15. The summed E-state index contributed by atoms with van der Waals surface area (Å²) in [7, 11) is 0. The summed E-state index contributed by atoms with van der Waals surface area (Å²) < 4.78 is 0. The molecule has 0 aliphatic carbocycles. The molecule has 1 aromatic rings. The number of nitrogens with zero attached hydrogens (tertiary/aromatic N) is 4. The van der Waals surface area contributed by atoms with Crippen molar-refractivity contribution in [3.8, 4) is 0 Å². The summed E-state index contributed by atoms with van der Waals surface area (Å²) >= 11 is 0. The molecule has 1 atom stereocenters. The summed E-state index contributed by atoms with van der Waals surface area (Å²) in [5, 5.41) is 0. The molecule has 1 unspecified atom stereocenters. The Morgan fingerprint density at radius 3 is 2.67 bits per heavy atom. The second-order valence-corrected chi connectivity index (χ2v) is 5.48. The minimum atomic E-state index is -0.0658. The molecule has 5 heteroatoms. The van der Waals surface area contributed by atoms with E-state index in [9.17, 15) is 4.79 Å². The van der Waals surface area contributed by atoms with Crippen molar-refractivity contribution in [3.63, 3.8) is 0 Å². The van der Waals surface area contributed by atoms with Crippen molar-refractivity contribution < 1.29 is 4.79 Å². The van der Waals surface area contributed by atoms with Crippen molar-refractivity contribution in [3.05, 3.63) is 17.6 Å². The first-order valence-corrected chi connectivity index (χ1v) is 8.00. The van der Waals surface area contributed by atoms with Crippen LogP contribution in [0.5, 0.6) is 0 Å². The molecule has 0 saturated carbocycles. The fraction of sp³-hybridized carbons (Fsp3) is 0.688. The fourth-order valence-corrected chi connectivity index (χ4v) is 2.98. The van der Waals surface area contributed by atoms with E-state index >= 15 is 0 Å². The molecule has 0 N–H and O–H groups in total. The van der Waals surface area contributed by atoms with E-state index in [2.05, 4.69) is 21.8 Å². The molecule has 1 aromatic heterocycles. The molecule has 5 nitrogen and oxygen atoms in total. The zero-order valence-electron chi connectivity index (χ0n) is 13.6. The van der Waals surface area contributed by atoms with E-state index in [-0.39, 0.29) is 11.9 Å². The molecule has 0 bridgehead atoms. The van der Waals surface area contributed by atoms with E-state index in [1.54, 1.807) is 0 Å². The molecule has 0 aromatic carbocycles. The largest absolute Gasteiger partial charge is 0.344 e. The van der Waals surface area contributed by atoms with Crippen LogP contribution in [0.1, 0.15) is 45.1 Å². The van der Waals surface area contributed by atoms with Gasteiger partial charge in [-0.15, -0.1) is 0 Å². The standard InChI is InChI=1S/C16H26N4O/c1-5-13-11-15(18-12(4)17-13)20-10-8-9-14(20)16(21)19(6-2)7-3/h11,14H,5-10H2,1-4H3. The summed E-state index contributed by atoms with van der Waals surface area (Å²) in [6, 6.07) is 1.96. The number of rotatable bonds is 5. The number of likely N-dealkylation sites (N-methyl/N-ethyl adjacent to an activating group) is 1. The molecule has 21 heavy (non-hydrogen) atoms. The van der Waals surface area contributed by atoms with Crippen molar-refractivity contribution in [2.24, 2.45) is 0 Å². The minimum Gasteiger partial charge on any atom is -0.344 e. The van der Waals surface area contributed by atoms with Gasteiger partial charge >= 0.3 is 0 Å². The molecule has 116 valence electrons. The van der Waals surface area contributed by atoms with Gasteiger partial charge in [-0.1, -0.05) is 6.92 Å². The molecular weight excluding hydrogens is 264 g/mol. The lowest BCUT2D eigenvalue weighted by atomic mass is 10.2. The first-order chi connectivity index (χ1) is 10.1. The van der Waals surface area contributed by atoms with Gasteiger partial charge in [0.2, 0.25) is 5.91 Å². The topological polar surface area (TPSA) is 49.3 Å². The van der Waals surface area contributed by atoms with Crippen LogP contribution in [0, 0.1) is 6.92 Å². The highest BCUT2D eigenvalue weighted by Crippen LogP contribution is 2.26. The van der Waals surface area contributed by atoms with Gasteiger partial charge in [-0.2, -0.15) is 0 Å². The normalized spacial score (nSPS) is 18.1. The van der Waals surface area contributed by atoms with E-state index < -0.39 is 0 Å². The zero-order valence-corrected chi connectivity index (χ0v) is 13.6. The Bertz CT molecular complexity index is 499. The highest BCUT2D eigenvalue weighted by Gasteiger charge is 2.33. The van der Waals surface area contributed by atoms with Crippen LogP contribution < -0.4 is 4.90 Å². The predicted molar refractivity (Wildman–Crippen MR) is 84.4 cm³/mol. The van der Waals surface area contributed by atoms with Crippen molar-refractivity contribution in [1.29, 1.82) is 0 Å². The number of carbonyl (C=O) groups is 1. The van der Waals surface area contributed by atoms with E-state index in [1.165, 1.54) is 0 Å². The second-order valence-electron chi connectivity index (χ2n) is 5.48. The fourth-order valence-electron chi connectivity index (χ4n) is 2.98. The van der Waals surface area contributed by atoms with Crippen LogP contribution in [0.25, 0.3) is 0 Å². The third-order valence-corrected chi connectivity index (χ3v) is 4.15. The molecule has 1 aliphatic rings. The lowest BCUT2D eigenvalue weighted by Crippen LogP contribution is -2.46. The average Bonchev–Trinajstić information content (AvgIpc) is 2.97. The van der Waals surface area contributed by atoms with Gasteiger partial charge in [-0.05, 0) is 40.0 Å². The molecular formula is C16H26N4O. The van der Waals surface area contributed by atoms with Crippen LogP contribution in [-0.4, -0.2) is 46.5 Å². The van der Waals surface area contributed by atoms with Crippen molar-refractivity contribution in [2.75, 3.05) is 24.5 Å². The Hall–Kier alpha value is -1.65. The Balaban J connectivity index is 2.26. The Morgan fingerprint density at radius 1 is 1.33 bits per heavy atom. The maximum atomic E-state index is 12.7. The molecule has 0 spiro atoms. The number of hydrogen-bond donors (Lipinski definition) is 0. The molecule has 1 saturated heterocycles. The van der Waals surface area contributed by atoms with Crippen LogP contribution in [-0.2, 0) is 11.2 Å². The van der Waals surface area contributed by atoms with Crippen LogP contribution in [0.15, 0.2) is 6.07 Å². The second kappa shape index (κ2) is 6.87. The molecule has 1 fully saturated rings. The van der Waals surface area contributed by atoms with Gasteiger partial charge in [0.1, 0.15) is 17.7 Å².